The molecule has 1 fully saturated rings. The lowest BCUT2D eigenvalue weighted by atomic mass is 10.1. The molecule has 0 aliphatic carbocycles. The highest BCUT2D eigenvalue weighted by molar-refractivity contribution is 7.89. The van der Waals surface area contributed by atoms with E-state index < -0.39 is 15.9 Å². The van der Waals surface area contributed by atoms with Gasteiger partial charge in [-0.2, -0.15) is 4.31 Å². The summed E-state index contributed by atoms with van der Waals surface area (Å²) in [5.74, 6) is -0.737. The number of nitrogens with zero attached hydrogens (tertiary/aromatic N) is 2. The number of benzene rings is 1. The van der Waals surface area contributed by atoms with Crippen LogP contribution in [0.5, 0.6) is 11.5 Å². The summed E-state index contributed by atoms with van der Waals surface area (Å²) in [6.45, 7) is 1.72. The van der Waals surface area contributed by atoms with Crippen LogP contribution in [0.15, 0.2) is 17.0 Å². The maximum atomic E-state index is 13.1. The number of amides is 2. The summed E-state index contributed by atoms with van der Waals surface area (Å²) in [6.07, 6.45) is 0.645. The lowest BCUT2D eigenvalue weighted by Crippen LogP contribution is -2.41. The lowest BCUT2D eigenvalue weighted by molar-refractivity contribution is -0.121. The monoisotopic (exact) mass is 473 g/mol. The van der Waals surface area contributed by atoms with Gasteiger partial charge in [-0.15, -0.1) is 0 Å². The molecule has 180 valence electrons. The largest absolute Gasteiger partial charge is 0.493 e. The van der Waals surface area contributed by atoms with Gasteiger partial charge in [-0.3, -0.25) is 9.59 Å². The third-order valence-corrected chi connectivity index (χ3v) is 6.74. The quantitative estimate of drug-likeness (QED) is 0.444. The second-order valence-corrected chi connectivity index (χ2v) is 9.02. The Morgan fingerprint density at radius 1 is 1.16 bits per heavy atom. The maximum Gasteiger partial charge on any atom is 0.258 e. The summed E-state index contributed by atoms with van der Waals surface area (Å²) >= 11 is 0. The second-order valence-electron chi connectivity index (χ2n) is 7.08. The third kappa shape index (κ3) is 6.31. The molecule has 1 saturated heterocycles. The van der Waals surface area contributed by atoms with Gasteiger partial charge in [0.15, 0.2) is 11.5 Å². The van der Waals surface area contributed by atoms with Gasteiger partial charge in [-0.05, 0) is 12.5 Å². The number of carbonyl (C=O) groups is 2. The van der Waals surface area contributed by atoms with E-state index in [1.54, 1.807) is 7.11 Å². The summed E-state index contributed by atoms with van der Waals surface area (Å²) in [5.41, 5.74) is -0.0200. The number of hydrogen-bond acceptors (Lipinski definition) is 8. The van der Waals surface area contributed by atoms with Gasteiger partial charge in [0, 0.05) is 46.5 Å². The van der Waals surface area contributed by atoms with Crippen LogP contribution >= 0.6 is 0 Å². The van der Waals surface area contributed by atoms with Crippen LogP contribution in [0.4, 0.5) is 0 Å². The van der Waals surface area contributed by atoms with E-state index >= 15 is 0 Å². The van der Waals surface area contributed by atoms with E-state index in [2.05, 4.69) is 5.32 Å². The van der Waals surface area contributed by atoms with Crippen molar-refractivity contribution < 1.29 is 37.0 Å². The predicted molar refractivity (Wildman–Crippen MR) is 116 cm³/mol. The Labute approximate surface area is 188 Å². The van der Waals surface area contributed by atoms with Gasteiger partial charge in [-0.1, -0.05) is 0 Å². The minimum atomic E-state index is -3.89. The van der Waals surface area contributed by atoms with Crippen LogP contribution in [-0.2, 0) is 24.3 Å². The molecule has 2 rings (SSSR count). The molecule has 0 bridgehead atoms. The summed E-state index contributed by atoms with van der Waals surface area (Å²) in [4.78, 5) is 26.4. The molecule has 1 heterocycles. The van der Waals surface area contributed by atoms with Gasteiger partial charge in [-0.25, -0.2) is 8.42 Å². The third-order valence-electron chi connectivity index (χ3n) is 4.87. The normalized spacial score (nSPS) is 14.6. The molecule has 1 aliphatic rings. The van der Waals surface area contributed by atoms with Crippen LogP contribution in [0.3, 0.4) is 0 Å². The molecule has 0 atom stereocenters. The number of methoxy groups -OCH3 is 3. The Bertz CT molecular complexity index is 900. The van der Waals surface area contributed by atoms with E-state index in [0.717, 1.165) is 0 Å². The first-order valence-corrected chi connectivity index (χ1v) is 11.5. The van der Waals surface area contributed by atoms with Gasteiger partial charge in [0.25, 0.3) is 5.91 Å². The van der Waals surface area contributed by atoms with Crippen LogP contribution in [0, 0.1) is 0 Å². The zero-order valence-corrected chi connectivity index (χ0v) is 19.7. The standard InChI is InChI=1S/C20H31N3O8S/c1-22(14-18(24)21-6-5-9-28-2)20(25)16-12-15(13-17(29-3)19(16)30-4)32(26,27)23-7-10-31-11-8-23/h12-13H,5-11,14H2,1-4H3,(H,21,24). The highest BCUT2D eigenvalue weighted by Crippen LogP contribution is 2.35. The van der Waals surface area contributed by atoms with Gasteiger partial charge in [0.1, 0.15) is 0 Å². The molecule has 12 heteroatoms. The van der Waals surface area contributed by atoms with Crippen molar-refractivity contribution >= 4 is 21.8 Å². The maximum absolute atomic E-state index is 13.1. The molecule has 0 spiro atoms. The molecular formula is C20H31N3O8S. The van der Waals surface area contributed by atoms with Crippen LogP contribution in [-0.4, -0.2) is 104 Å². The van der Waals surface area contributed by atoms with Crippen molar-refractivity contribution in [3.05, 3.63) is 17.7 Å². The van der Waals surface area contributed by atoms with Crippen molar-refractivity contribution in [2.75, 3.05) is 74.4 Å². The molecule has 11 nitrogen and oxygen atoms in total. The molecule has 1 aromatic rings. The Kier molecular flexibility index (Phi) is 9.69. The van der Waals surface area contributed by atoms with E-state index in [1.807, 2.05) is 0 Å². The van der Waals surface area contributed by atoms with Crippen molar-refractivity contribution in [2.45, 2.75) is 11.3 Å². The van der Waals surface area contributed by atoms with Gasteiger partial charge >= 0.3 is 0 Å². The Morgan fingerprint density at radius 2 is 1.84 bits per heavy atom. The average molecular weight is 474 g/mol. The van der Waals surface area contributed by atoms with Crippen molar-refractivity contribution in [2.24, 2.45) is 0 Å². The van der Waals surface area contributed by atoms with E-state index in [9.17, 15) is 18.0 Å². The SMILES string of the molecule is COCCCNC(=O)CN(C)C(=O)c1cc(S(=O)(=O)N2CCOCC2)cc(OC)c1OC. The van der Waals surface area contributed by atoms with Crippen LogP contribution < -0.4 is 14.8 Å². The van der Waals surface area contributed by atoms with Gasteiger partial charge in [0.05, 0.1) is 44.4 Å². The molecule has 1 aliphatic heterocycles. The minimum absolute atomic E-state index is 0.0200. The zero-order valence-electron chi connectivity index (χ0n) is 18.9. The van der Waals surface area contributed by atoms with Crippen molar-refractivity contribution in [1.82, 2.24) is 14.5 Å². The number of ether oxygens (including phenoxy) is 4. The molecule has 0 saturated carbocycles. The number of nitrogens with one attached hydrogen (secondary N) is 1. The van der Waals surface area contributed by atoms with Gasteiger partial charge in [0.2, 0.25) is 15.9 Å². The highest BCUT2D eigenvalue weighted by atomic mass is 32.2. The van der Waals surface area contributed by atoms with Crippen LogP contribution in [0.25, 0.3) is 0 Å². The number of likely N-dealkylation sites (N-methyl/N-ethyl adjacent to an activating group) is 1. The molecule has 0 unspecified atom stereocenters. The number of carbonyl (C=O) groups excluding carboxylic acids is 2. The number of sulfonamides is 1. The Morgan fingerprint density at radius 3 is 2.44 bits per heavy atom. The molecule has 0 aromatic heterocycles. The van der Waals surface area contributed by atoms with Crippen LogP contribution in [0.2, 0.25) is 0 Å². The Hall–Kier alpha value is -2.41. The second kappa shape index (κ2) is 12.0. The first-order valence-electron chi connectivity index (χ1n) is 10.1. The molecule has 32 heavy (non-hydrogen) atoms. The summed E-state index contributed by atoms with van der Waals surface area (Å²) in [5, 5.41) is 2.70. The van der Waals surface area contributed by atoms with E-state index in [4.69, 9.17) is 18.9 Å². The smallest absolute Gasteiger partial charge is 0.258 e. The predicted octanol–water partition coefficient (Wildman–Crippen LogP) is -0.0506. The highest BCUT2D eigenvalue weighted by Gasteiger charge is 2.31. The molecule has 0 radical (unpaired) electrons. The number of hydrogen-bond donors (Lipinski definition) is 1. The summed E-state index contributed by atoms with van der Waals surface area (Å²) in [7, 11) is 1.85. The fourth-order valence-electron chi connectivity index (χ4n) is 3.18. The minimum Gasteiger partial charge on any atom is -0.493 e. The van der Waals surface area contributed by atoms with Gasteiger partial charge < -0.3 is 29.2 Å². The summed E-state index contributed by atoms with van der Waals surface area (Å²) in [6, 6.07) is 2.57. The fraction of sp³-hybridized carbons (Fsp3) is 0.600. The van der Waals surface area contributed by atoms with Crippen molar-refractivity contribution in [1.29, 1.82) is 0 Å². The van der Waals surface area contributed by atoms with Crippen LogP contribution in [0.1, 0.15) is 16.8 Å². The molecular weight excluding hydrogens is 442 g/mol. The first-order chi connectivity index (χ1) is 15.3. The Balaban J connectivity index is 2.29. The average Bonchev–Trinajstić information content (AvgIpc) is 2.80. The fourth-order valence-corrected chi connectivity index (χ4v) is 4.63. The molecule has 1 aromatic carbocycles. The molecule has 1 N–H and O–H groups in total. The van der Waals surface area contributed by atoms with E-state index in [1.165, 1.54) is 42.6 Å². The lowest BCUT2D eigenvalue weighted by Gasteiger charge is -2.27. The number of rotatable bonds is 11. The topological polar surface area (TPSA) is 124 Å². The first kappa shape index (κ1) is 25.8. The number of morpholine rings is 1. The van der Waals surface area contributed by atoms with Crippen molar-refractivity contribution in [3.63, 3.8) is 0 Å². The van der Waals surface area contributed by atoms with Crippen molar-refractivity contribution in [3.8, 4) is 11.5 Å². The molecule has 2 amide bonds. The zero-order chi connectivity index (χ0) is 23.7. The summed E-state index contributed by atoms with van der Waals surface area (Å²) < 4.78 is 48.3. The van der Waals surface area contributed by atoms with E-state index in [0.29, 0.717) is 32.8 Å². The van der Waals surface area contributed by atoms with E-state index in [-0.39, 0.29) is 47.5 Å².